The second-order valence-electron chi connectivity index (χ2n) is 3.41. The lowest BCUT2D eigenvalue weighted by molar-refractivity contribution is 0.602. The summed E-state index contributed by atoms with van der Waals surface area (Å²) in [6.45, 7) is 5.81. The smallest absolute Gasteiger partial charge is 0.174 e. The molecule has 0 saturated heterocycles. The first-order chi connectivity index (χ1) is 7.09. The average Bonchev–Trinajstić information content (AvgIpc) is 2.17. The zero-order valence-electron chi connectivity index (χ0n) is 8.72. The number of nitrogens with one attached hydrogen (secondary N) is 2. The maximum atomic E-state index is 5.82. The lowest BCUT2D eigenvalue weighted by Gasteiger charge is -2.10. The quantitative estimate of drug-likeness (QED) is 0.785. The topological polar surface area (TPSA) is 49.8 Å². The normalized spacial score (nSPS) is 10.7. The largest absolute Gasteiger partial charge is 0.381 e. The van der Waals surface area contributed by atoms with E-state index < -0.39 is 0 Å². The van der Waals surface area contributed by atoms with Gasteiger partial charge in [-0.05, 0) is 0 Å². The summed E-state index contributed by atoms with van der Waals surface area (Å²) < 4.78 is 0. The molecule has 0 saturated carbocycles. The molecule has 4 nitrogen and oxygen atoms in total. The molecule has 0 bridgehead atoms. The third kappa shape index (κ3) is 4.64. The summed E-state index contributed by atoms with van der Waals surface area (Å²) in [4.78, 5) is 0. The van der Waals surface area contributed by atoms with Crippen molar-refractivity contribution >= 4 is 28.9 Å². The van der Waals surface area contributed by atoms with Crippen molar-refractivity contribution in [2.45, 2.75) is 19.9 Å². The van der Waals surface area contributed by atoms with Gasteiger partial charge in [0.1, 0.15) is 0 Å². The predicted octanol–water partition coefficient (Wildman–Crippen LogP) is 2.19. The minimum Gasteiger partial charge on any atom is -0.381 e. The number of anilines is 1. The molecule has 0 amide bonds. The minimum atomic E-state index is 0.332. The van der Waals surface area contributed by atoms with Crippen LogP contribution in [0.25, 0.3) is 0 Å². The van der Waals surface area contributed by atoms with Gasteiger partial charge in [-0.2, -0.15) is 0 Å². The van der Waals surface area contributed by atoms with Crippen molar-refractivity contribution in [2.75, 3.05) is 18.4 Å². The van der Waals surface area contributed by atoms with Crippen molar-refractivity contribution in [3.8, 4) is 0 Å². The SMILES string of the molecule is CC(C)NCCNc1cc(Cl)nnc1Cl. The van der Waals surface area contributed by atoms with E-state index in [-0.39, 0.29) is 0 Å². The summed E-state index contributed by atoms with van der Waals surface area (Å²) in [6, 6.07) is 2.13. The number of halogens is 2. The summed E-state index contributed by atoms with van der Waals surface area (Å²) in [6.07, 6.45) is 0. The van der Waals surface area contributed by atoms with Gasteiger partial charge in [-0.15, -0.1) is 10.2 Å². The van der Waals surface area contributed by atoms with E-state index in [4.69, 9.17) is 23.2 Å². The van der Waals surface area contributed by atoms with Crippen LogP contribution in [0, 0.1) is 0 Å². The van der Waals surface area contributed by atoms with E-state index in [1.54, 1.807) is 6.07 Å². The highest BCUT2D eigenvalue weighted by Crippen LogP contribution is 2.20. The molecular weight excluding hydrogens is 235 g/mol. The number of hydrogen-bond acceptors (Lipinski definition) is 4. The second kappa shape index (κ2) is 6.10. The van der Waals surface area contributed by atoms with Crippen molar-refractivity contribution in [1.82, 2.24) is 15.5 Å². The summed E-state index contributed by atoms with van der Waals surface area (Å²) >= 11 is 11.5. The number of rotatable bonds is 5. The third-order valence-electron chi connectivity index (χ3n) is 1.71. The lowest BCUT2D eigenvalue weighted by Crippen LogP contribution is -2.28. The Balaban J connectivity index is 2.40. The van der Waals surface area contributed by atoms with Crippen LogP contribution < -0.4 is 10.6 Å². The molecule has 0 unspecified atom stereocenters. The summed E-state index contributed by atoms with van der Waals surface area (Å²) in [5.74, 6) is 0. The highest BCUT2D eigenvalue weighted by Gasteiger charge is 2.02. The molecule has 1 aromatic rings. The van der Waals surface area contributed by atoms with Gasteiger partial charge in [0, 0.05) is 25.2 Å². The van der Waals surface area contributed by atoms with Gasteiger partial charge in [0.25, 0.3) is 0 Å². The fourth-order valence-corrected chi connectivity index (χ4v) is 1.34. The third-order valence-corrected chi connectivity index (χ3v) is 2.18. The van der Waals surface area contributed by atoms with Crippen molar-refractivity contribution in [3.05, 3.63) is 16.4 Å². The fraction of sp³-hybridized carbons (Fsp3) is 0.556. The fourth-order valence-electron chi connectivity index (χ4n) is 1.04. The monoisotopic (exact) mass is 248 g/mol. The van der Waals surface area contributed by atoms with Gasteiger partial charge in [-0.25, -0.2) is 0 Å². The van der Waals surface area contributed by atoms with E-state index in [0.29, 0.717) is 22.0 Å². The molecule has 2 N–H and O–H groups in total. The van der Waals surface area contributed by atoms with Crippen LogP contribution in [0.5, 0.6) is 0 Å². The van der Waals surface area contributed by atoms with Crippen LogP contribution in [0.1, 0.15) is 13.8 Å². The van der Waals surface area contributed by atoms with Gasteiger partial charge >= 0.3 is 0 Å². The molecule has 1 heterocycles. The van der Waals surface area contributed by atoms with Crippen molar-refractivity contribution in [1.29, 1.82) is 0 Å². The summed E-state index contributed by atoms with van der Waals surface area (Å²) in [5, 5.41) is 14.4. The molecule has 0 atom stereocenters. The Morgan fingerprint density at radius 3 is 2.67 bits per heavy atom. The zero-order chi connectivity index (χ0) is 11.3. The first-order valence-corrected chi connectivity index (χ1v) is 5.51. The Morgan fingerprint density at radius 1 is 1.27 bits per heavy atom. The molecule has 6 heteroatoms. The molecule has 0 fully saturated rings. The zero-order valence-corrected chi connectivity index (χ0v) is 10.2. The van der Waals surface area contributed by atoms with E-state index in [0.717, 1.165) is 13.1 Å². The van der Waals surface area contributed by atoms with Gasteiger partial charge in [-0.1, -0.05) is 37.0 Å². The Labute approximate surface area is 99.4 Å². The summed E-state index contributed by atoms with van der Waals surface area (Å²) in [7, 11) is 0. The second-order valence-corrected chi connectivity index (χ2v) is 4.15. The maximum absolute atomic E-state index is 5.82. The molecule has 1 rings (SSSR count). The van der Waals surface area contributed by atoms with Crippen LogP contribution in [0.3, 0.4) is 0 Å². The van der Waals surface area contributed by atoms with Gasteiger partial charge in [0.05, 0.1) is 5.69 Å². The molecule has 0 aromatic carbocycles. The Morgan fingerprint density at radius 2 is 2.00 bits per heavy atom. The lowest BCUT2D eigenvalue weighted by atomic mass is 10.4. The van der Waals surface area contributed by atoms with Crippen molar-refractivity contribution in [2.24, 2.45) is 0 Å². The van der Waals surface area contributed by atoms with E-state index in [1.807, 2.05) is 0 Å². The number of hydrogen-bond donors (Lipinski definition) is 2. The van der Waals surface area contributed by atoms with E-state index in [1.165, 1.54) is 0 Å². The highest BCUT2D eigenvalue weighted by molar-refractivity contribution is 6.33. The van der Waals surface area contributed by atoms with Crippen molar-refractivity contribution in [3.63, 3.8) is 0 Å². The van der Waals surface area contributed by atoms with Crippen LogP contribution in [0.4, 0.5) is 5.69 Å². The summed E-state index contributed by atoms with van der Waals surface area (Å²) in [5.41, 5.74) is 0.710. The first-order valence-electron chi connectivity index (χ1n) is 4.75. The number of nitrogens with zero attached hydrogens (tertiary/aromatic N) is 2. The Bertz CT molecular complexity index is 317. The molecular formula is C9H14Cl2N4. The highest BCUT2D eigenvalue weighted by atomic mass is 35.5. The molecule has 15 heavy (non-hydrogen) atoms. The van der Waals surface area contributed by atoms with Gasteiger partial charge in [0.15, 0.2) is 10.3 Å². The van der Waals surface area contributed by atoms with Crippen molar-refractivity contribution < 1.29 is 0 Å². The van der Waals surface area contributed by atoms with Crippen LogP contribution in [0.15, 0.2) is 6.07 Å². The van der Waals surface area contributed by atoms with Crippen LogP contribution >= 0.6 is 23.2 Å². The average molecular weight is 249 g/mol. The minimum absolute atomic E-state index is 0.332. The Hall–Kier alpha value is -0.580. The van der Waals surface area contributed by atoms with E-state index in [2.05, 4.69) is 34.7 Å². The van der Waals surface area contributed by atoms with Gasteiger partial charge in [0.2, 0.25) is 0 Å². The number of aromatic nitrogens is 2. The van der Waals surface area contributed by atoms with Crippen LogP contribution in [-0.2, 0) is 0 Å². The molecule has 0 aliphatic heterocycles. The van der Waals surface area contributed by atoms with Crippen LogP contribution in [0.2, 0.25) is 10.3 Å². The first kappa shape index (κ1) is 12.5. The predicted molar refractivity (Wildman–Crippen MR) is 63.7 cm³/mol. The molecule has 1 aromatic heterocycles. The maximum Gasteiger partial charge on any atom is 0.174 e. The molecule has 0 aliphatic rings. The van der Waals surface area contributed by atoms with Crippen LogP contribution in [-0.4, -0.2) is 29.3 Å². The molecule has 84 valence electrons. The van der Waals surface area contributed by atoms with E-state index in [9.17, 15) is 0 Å². The van der Waals surface area contributed by atoms with Gasteiger partial charge < -0.3 is 10.6 Å². The standard InChI is InChI=1S/C9H14Cl2N4/c1-6(2)12-3-4-13-7-5-8(10)14-15-9(7)11/h5-6,12H,3-4H2,1-2H3,(H,13,14). The molecule has 0 spiro atoms. The molecule has 0 radical (unpaired) electrons. The van der Waals surface area contributed by atoms with E-state index >= 15 is 0 Å². The van der Waals surface area contributed by atoms with Gasteiger partial charge in [-0.3, -0.25) is 0 Å². The Kier molecular flexibility index (Phi) is 5.08. The molecule has 0 aliphatic carbocycles.